The van der Waals surface area contributed by atoms with E-state index in [1.54, 1.807) is 18.2 Å². The summed E-state index contributed by atoms with van der Waals surface area (Å²) in [7, 11) is 0. The van der Waals surface area contributed by atoms with Crippen LogP contribution in [0, 0.1) is 5.82 Å². The lowest BCUT2D eigenvalue weighted by Crippen LogP contribution is -2.11. The van der Waals surface area contributed by atoms with E-state index in [9.17, 15) is 9.18 Å². The van der Waals surface area contributed by atoms with Crippen molar-refractivity contribution in [3.63, 3.8) is 0 Å². The zero-order valence-corrected chi connectivity index (χ0v) is 13.1. The normalized spacial score (nSPS) is 11.2. The maximum Gasteiger partial charge on any atom is 0.273 e. The Morgan fingerprint density at radius 1 is 1.26 bits per heavy atom. The van der Waals surface area contributed by atoms with Crippen LogP contribution in [-0.4, -0.2) is 15.9 Å². The van der Waals surface area contributed by atoms with Crippen molar-refractivity contribution in [3.8, 4) is 0 Å². The van der Waals surface area contributed by atoms with E-state index in [0.29, 0.717) is 31.6 Å². The molecule has 2 aromatic carbocycles. The van der Waals surface area contributed by atoms with Crippen molar-refractivity contribution in [2.45, 2.75) is 0 Å². The van der Waals surface area contributed by atoms with Crippen molar-refractivity contribution < 1.29 is 9.18 Å². The standard InChI is InChI=1S/C16H9ClFN3OS/c17-10-3-1-2-8-6-12(19-14(8)10)15(22)21-16-20-11-5-4-9(18)7-13(11)23-16/h1-7,19H,(H,20,21,22). The number of aromatic nitrogens is 2. The van der Waals surface area contributed by atoms with Gasteiger partial charge in [-0.25, -0.2) is 9.37 Å². The Labute approximate surface area is 138 Å². The third-order valence-corrected chi connectivity index (χ3v) is 4.67. The quantitative estimate of drug-likeness (QED) is 0.547. The van der Waals surface area contributed by atoms with Gasteiger partial charge in [-0.2, -0.15) is 0 Å². The Balaban J connectivity index is 1.66. The van der Waals surface area contributed by atoms with Gasteiger partial charge in [0.1, 0.15) is 11.5 Å². The number of carbonyl (C=O) groups is 1. The number of amides is 1. The van der Waals surface area contributed by atoms with Crippen LogP contribution in [0.1, 0.15) is 10.5 Å². The maximum atomic E-state index is 13.2. The smallest absolute Gasteiger partial charge is 0.273 e. The Morgan fingerprint density at radius 2 is 2.13 bits per heavy atom. The Kier molecular flexibility index (Phi) is 3.28. The molecule has 0 aliphatic rings. The van der Waals surface area contributed by atoms with E-state index in [1.807, 2.05) is 12.1 Å². The molecule has 0 bridgehead atoms. The number of aromatic amines is 1. The molecule has 4 nitrogen and oxygen atoms in total. The van der Waals surface area contributed by atoms with Crippen LogP contribution < -0.4 is 5.32 Å². The van der Waals surface area contributed by atoms with Gasteiger partial charge in [-0.1, -0.05) is 35.1 Å². The molecular weight excluding hydrogens is 337 g/mol. The summed E-state index contributed by atoms with van der Waals surface area (Å²) in [4.78, 5) is 19.6. The van der Waals surface area contributed by atoms with Crippen LogP contribution in [-0.2, 0) is 0 Å². The second-order valence-electron chi connectivity index (χ2n) is 4.97. The number of hydrogen-bond donors (Lipinski definition) is 2. The van der Waals surface area contributed by atoms with Gasteiger partial charge in [0.25, 0.3) is 5.91 Å². The molecule has 0 fully saturated rings. The lowest BCUT2D eigenvalue weighted by atomic mass is 10.2. The van der Waals surface area contributed by atoms with Crippen molar-refractivity contribution >= 4 is 55.1 Å². The molecule has 114 valence electrons. The van der Waals surface area contributed by atoms with E-state index in [1.165, 1.54) is 23.5 Å². The molecule has 0 aliphatic heterocycles. The summed E-state index contributed by atoms with van der Waals surface area (Å²) in [6.07, 6.45) is 0. The van der Waals surface area contributed by atoms with Gasteiger partial charge >= 0.3 is 0 Å². The largest absolute Gasteiger partial charge is 0.349 e. The molecule has 4 rings (SSSR count). The molecule has 7 heteroatoms. The molecule has 4 aromatic rings. The van der Waals surface area contributed by atoms with E-state index < -0.39 is 0 Å². The monoisotopic (exact) mass is 345 g/mol. The zero-order valence-electron chi connectivity index (χ0n) is 11.6. The minimum absolute atomic E-state index is 0.322. The highest BCUT2D eigenvalue weighted by atomic mass is 35.5. The van der Waals surface area contributed by atoms with Crippen LogP contribution in [0.5, 0.6) is 0 Å². The van der Waals surface area contributed by atoms with E-state index in [0.717, 1.165) is 5.39 Å². The van der Waals surface area contributed by atoms with Gasteiger partial charge in [0, 0.05) is 5.39 Å². The van der Waals surface area contributed by atoms with Crippen molar-refractivity contribution in [2.24, 2.45) is 0 Å². The summed E-state index contributed by atoms with van der Waals surface area (Å²) in [5.74, 6) is -0.652. The van der Waals surface area contributed by atoms with Gasteiger partial charge in [-0.05, 0) is 30.3 Å². The van der Waals surface area contributed by atoms with E-state index in [2.05, 4.69) is 15.3 Å². The predicted molar refractivity (Wildman–Crippen MR) is 90.8 cm³/mol. The van der Waals surface area contributed by atoms with E-state index >= 15 is 0 Å². The summed E-state index contributed by atoms with van der Waals surface area (Å²) < 4.78 is 13.9. The summed E-state index contributed by atoms with van der Waals surface area (Å²) in [5.41, 5.74) is 1.75. The second kappa shape index (κ2) is 5.33. The molecule has 23 heavy (non-hydrogen) atoms. The van der Waals surface area contributed by atoms with Crippen LogP contribution in [0.25, 0.3) is 21.1 Å². The number of halogens is 2. The molecule has 1 amide bonds. The maximum absolute atomic E-state index is 13.2. The number of anilines is 1. The number of hydrogen-bond acceptors (Lipinski definition) is 3. The van der Waals surface area contributed by atoms with Crippen molar-refractivity contribution in [3.05, 3.63) is 59.0 Å². The average molecular weight is 346 g/mol. The fourth-order valence-corrected chi connectivity index (χ4v) is 3.47. The summed E-state index contributed by atoms with van der Waals surface area (Å²) in [6.45, 7) is 0. The van der Waals surface area contributed by atoms with Crippen molar-refractivity contribution in [2.75, 3.05) is 5.32 Å². The number of para-hydroxylation sites is 1. The van der Waals surface area contributed by atoms with Gasteiger partial charge in [0.2, 0.25) is 0 Å². The molecule has 2 N–H and O–H groups in total. The number of H-pyrrole nitrogens is 1. The number of nitrogens with zero attached hydrogens (tertiary/aromatic N) is 1. The number of nitrogens with one attached hydrogen (secondary N) is 2. The van der Waals surface area contributed by atoms with Crippen LogP contribution in [0.4, 0.5) is 9.52 Å². The van der Waals surface area contributed by atoms with Crippen LogP contribution in [0.3, 0.4) is 0 Å². The molecule has 0 aliphatic carbocycles. The van der Waals surface area contributed by atoms with Crippen LogP contribution in [0.15, 0.2) is 42.5 Å². The van der Waals surface area contributed by atoms with Crippen molar-refractivity contribution in [1.82, 2.24) is 9.97 Å². The average Bonchev–Trinajstić information content (AvgIpc) is 3.11. The molecule has 0 spiro atoms. The van der Waals surface area contributed by atoms with Gasteiger partial charge < -0.3 is 4.98 Å². The fourth-order valence-electron chi connectivity index (χ4n) is 2.36. The molecule has 0 unspecified atom stereocenters. The van der Waals surface area contributed by atoms with Gasteiger partial charge in [0.15, 0.2) is 5.13 Å². The first-order valence-electron chi connectivity index (χ1n) is 6.75. The van der Waals surface area contributed by atoms with Crippen LogP contribution >= 0.6 is 22.9 Å². The highest BCUT2D eigenvalue weighted by Gasteiger charge is 2.13. The third kappa shape index (κ3) is 2.56. The SMILES string of the molecule is O=C(Nc1nc2ccc(F)cc2s1)c1cc2cccc(Cl)c2[nH]1. The Morgan fingerprint density at radius 3 is 2.96 bits per heavy atom. The number of benzene rings is 2. The number of thiazole rings is 1. The Hall–Kier alpha value is -2.44. The molecule has 0 saturated carbocycles. The molecule has 2 aromatic heterocycles. The second-order valence-corrected chi connectivity index (χ2v) is 6.41. The minimum atomic E-state index is -0.329. The molecule has 0 saturated heterocycles. The summed E-state index contributed by atoms with van der Waals surface area (Å²) in [6, 6.07) is 11.5. The topological polar surface area (TPSA) is 57.8 Å². The number of rotatable bonds is 2. The summed E-state index contributed by atoms with van der Waals surface area (Å²) in [5, 5.41) is 4.54. The number of fused-ring (bicyclic) bond motifs is 2. The Bertz CT molecular complexity index is 1060. The number of carbonyl (C=O) groups excluding carboxylic acids is 1. The van der Waals surface area contributed by atoms with Crippen LogP contribution in [0.2, 0.25) is 5.02 Å². The molecular formula is C16H9ClFN3OS. The third-order valence-electron chi connectivity index (χ3n) is 3.42. The first-order chi connectivity index (χ1) is 11.1. The lowest BCUT2D eigenvalue weighted by molar-refractivity contribution is 0.102. The van der Waals surface area contributed by atoms with Crippen molar-refractivity contribution in [1.29, 1.82) is 0 Å². The first-order valence-corrected chi connectivity index (χ1v) is 7.94. The first kappa shape index (κ1) is 14.2. The molecule has 0 atom stereocenters. The van der Waals surface area contributed by atoms with Gasteiger partial charge in [-0.3, -0.25) is 10.1 Å². The van der Waals surface area contributed by atoms with E-state index in [4.69, 9.17) is 11.6 Å². The zero-order chi connectivity index (χ0) is 16.0. The lowest BCUT2D eigenvalue weighted by Gasteiger charge is -1.97. The molecule has 2 heterocycles. The summed E-state index contributed by atoms with van der Waals surface area (Å²) >= 11 is 7.32. The van der Waals surface area contributed by atoms with E-state index in [-0.39, 0.29) is 11.7 Å². The fraction of sp³-hybridized carbons (Fsp3) is 0. The predicted octanol–water partition coefficient (Wildman–Crippen LogP) is 4.82. The highest BCUT2D eigenvalue weighted by Crippen LogP contribution is 2.28. The minimum Gasteiger partial charge on any atom is -0.349 e. The molecule has 0 radical (unpaired) electrons. The van der Waals surface area contributed by atoms with Gasteiger partial charge in [-0.15, -0.1) is 0 Å². The highest BCUT2D eigenvalue weighted by molar-refractivity contribution is 7.22. The van der Waals surface area contributed by atoms with Gasteiger partial charge in [0.05, 0.1) is 20.8 Å².